The van der Waals surface area contributed by atoms with E-state index in [0.717, 1.165) is 11.8 Å². The molecule has 19 heavy (non-hydrogen) atoms. The third kappa shape index (κ3) is 3.28. The Morgan fingerprint density at radius 3 is 2.58 bits per heavy atom. The second kappa shape index (κ2) is 5.23. The lowest BCUT2D eigenvalue weighted by Gasteiger charge is -2.24. The smallest absolute Gasteiger partial charge is 0.141 e. The van der Waals surface area contributed by atoms with Crippen molar-refractivity contribution < 1.29 is 8.78 Å². The van der Waals surface area contributed by atoms with Crippen LogP contribution in [-0.4, -0.2) is 4.98 Å². The molecule has 0 saturated heterocycles. The molecular weight excluding hydrogens is 270 g/mol. The van der Waals surface area contributed by atoms with Crippen LogP contribution in [0, 0.1) is 11.6 Å². The van der Waals surface area contributed by atoms with Crippen LogP contribution in [0.3, 0.4) is 0 Å². The topological polar surface area (TPSA) is 38.9 Å². The highest BCUT2D eigenvalue weighted by Crippen LogP contribution is 2.24. The summed E-state index contributed by atoms with van der Waals surface area (Å²) in [7, 11) is 0. The molecule has 0 spiro atoms. The van der Waals surface area contributed by atoms with Crippen molar-refractivity contribution in [3.05, 3.63) is 64.4 Å². The fourth-order valence-electron chi connectivity index (χ4n) is 1.88. The molecule has 0 aliphatic rings. The van der Waals surface area contributed by atoms with Gasteiger partial charge in [-0.15, -0.1) is 0 Å². The van der Waals surface area contributed by atoms with Crippen LogP contribution in [-0.2, 0) is 12.0 Å². The second-order valence-corrected chi connectivity index (χ2v) is 5.11. The van der Waals surface area contributed by atoms with Crippen molar-refractivity contribution in [3.8, 4) is 0 Å². The summed E-state index contributed by atoms with van der Waals surface area (Å²) >= 11 is 5.73. The molecule has 1 unspecified atom stereocenters. The van der Waals surface area contributed by atoms with Crippen molar-refractivity contribution in [1.29, 1.82) is 0 Å². The molecule has 2 nitrogen and oxygen atoms in total. The number of nitrogens with two attached hydrogens (primary N) is 1. The molecule has 0 fully saturated rings. The van der Waals surface area contributed by atoms with Crippen LogP contribution in [0.25, 0.3) is 0 Å². The van der Waals surface area contributed by atoms with Crippen LogP contribution in [0.5, 0.6) is 0 Å². The maximum atomic E-state index is 13.1. The first kappa shape index (κ1) is 13.9. The minimum absolute atomic E-state index is 0.0559. The lowest BCUT2D eigenvalue weighted by molar-refractivity contribution is 0.472. The van der Waals surface area contributed by atoms with E-state index in [-0.39, 0.29) is 5.02 Å². The van der Waals surface area contributed by atoms with E-state index in [9.17, 15) is 8.78 Å². The maximum absolute atomic E-state index is 13.1. The molecule has 0 aliphatic carbocycles. The quantitative estimate of drug-likeness (QED) is 0.937. The van der Waals surface area contributed by atoms with Gasteiger partial charge < -0.3 is 5.73 Å². The Morgan fingerprint density at radius 1 is 1.26 bits per heavy atom. The number of pyridine rings is 1. The largest absolute Gasteiger partial charge is 0.320 e. The predicted molar refractivity (Wildman–Crippen MR) is 70.8 cm³/mol. The highest BCUT2D eigenvalue weighted by Gasteiger charge is 2.23. The third-order valence-electron chi connectivity index (χ3n) is 2.87. The van der Waals surface area contributed by atoms with Gasteiger partial charge in [0.1, 0.15) is 11.6 Å². The molecule has 0 radical (unpaired) electrons. The average molecular weight is 283 g/mol. The number of hydrogen-bond donors (Lipinski definition) is 1. The molecule has 2 N–H and O–H groups in total. The Hall–Kier alpha value is -1.52. The second-order valence-electron chi connectivity index (χ2n) is 4.70. The lowest BCUT2D eigenvalue weighted by atomic mass is 9.90. The van der Waals surface area contributed by atoms with E-state index in [0.29, 0.717) is 12.1 Å². The molecular formula is C14H13ClF2N2. The summed E-state index contributed by atoms with van der Waals surface area (Å²) in [5.74, 6) is -0.881. The van der Waals surface area contributed by atoms with Crippen LogP contribution in [0.4, 0.5) is 8.78 Å². The zero-order valence-corrected chi connectivity index (χ0v) is 11.1. The molecule has 1 aromatic carbocycles. The molecule has 0 saturated carbocycles. The predicted octanol–water partition coefficient (Wildman–Crippen LogP) is 3.43. The monoisotopic (exact) mass is 282 g/mol. The average Bonchev–Trinajstić information content (AvgIpc) is 2.34. The summed E-state index contributed by atoms with van der Waals surface area (Å²) in [4.78, 5) is 3.98. The van der Waals surface area contributed by atoms with Gasteiger partial charge in [-0.1, -0.05) is 17.7 Å². The molecule has 5 heteroatoms. The van der Waals surface area contributed by atoms with Gasteiger partial charge in [-0.2, -0.15) is 0 Å². The summed E-state index contributed by atoms with van der Waals surface area (Å²) in [6.45, 7) is 1.78. The van der Waals surface area contributed by atoms with Gasteiger partial charge in [0.05, 0.1) is 22.5 Å². The van der Waals surface area contributed by atoms with Gasteiger partial charge in [0.25, 0.3) is 0 Å². The van der Waals surface area contributed by atoms with Crippen LogP contribution in [0.15, 0.2) is 36.5 Å². The standard InChI is InChI=1S/C14H13ClF2N2/c1-14(18,13-5-3-10(16)8-19-13)7-9-2-4-12(17)11(15)6-9/h2-6,8H,7,18H2,1H3. The van der Waals surface area contributed by atoms with Crippen LogP contribution < -0.4 is 5.73 Å². The molecule has 0 amide bonds. The SMILES string of the molecule is CC(N)(Cc1ccc(F)c(Cl)c1)c1ccc(F)cn1. The van der Waals surface area contributed by atoms with Crippen LogP contribution in [0.2, 0.25) is 5.02 Å². The zero-order chi connectivity index (χ0) is 14.0. The number of benzene rings is 1. The van der Waals surface area contributed by atoms with E-state index in [4.69, 9.17) is 17.3 Å². The highest BCUT2D eigenvalue weighted by molar-refractivity contribution is 6.30. The summed E-state index contributed by atoms with van der Waals surface area (Å²) in [6, 6.07) is 7.30. The fourth-order valence-corrected chi connectivity index (χ4v) is 2.08. The summed E-state index contributed by atoms with van der Waals surface area (Å²) < 4.78 is 25.9. The van der Waals surface area contributed by atoms with Crippen molar-refractivity contribution >= 4 is 11.6 Å². The van der Waals surface area contributed by atoms with Crippen molar-refractivity contribution in [2.45, 2.75) is 18.9 Å². The fraction of sp³-hybridized carbons (Fsp3) is 0.214. The molecule has 0 aliphatic heterocycles. The summed E-state index contributed by atoms with van der Waals surface area (Å²) in [5.41, 5.74) is 6.76. The minimum Gasteiger partial charge on any atom is -0.320 e. The molecule has 0 bridgehead atoms. The number of hydrogen-bond acceptors (Lipinski definition) is 2. The van der Waals surface area contributed by atoms with Crippen molar-refractivity contribution in [2.24, 2.45) is 5.73 Å². The van der Waals surface area contributed by atoms with E-state index in [1.165, 1.54) is 18.2 Å². The Bertz CT molecular complexity index is 582. The van der Waals surface area contributed by atoms with E-state index in [1.54, 1.807) is 19.1 Å². The van der Waals surface area contributed by atoms with E-state index in [1.807, 2.05) is 0 Å². The van der Waals surface area contributed by atoms with Crippen molar-refractivity contribution in [2.75, 3.05) is 0 Å². The van der Waals surface area contributed by atoms with Crippen molar-refractivity contribution in [3.63, 3.8) is 0 Å². The van der Waals surface area contributed by atoms with Gasteiger partial charge in [-0.25, -0.2) is 8.78 Å². The first-order chi connectivity index (χ1) is 8.88. The number of halogens is 3. The first-order valence-corrected chi connectivity index (χ1v) is 6.11. The number of aromatic nitrogens is 1. The lowest BCUT2D eigenvalue weighted by Crippen LogP contribution is -2.36. The summed E-state index contributed by atoms with van der Waals surface area (Å²) in [6.07, 6.45) is 1.55. The zero-order valence-electron chi connectivity index (χ0n) is 10.3. The van der Waals surface area contributed by atoms with Gasteiger partial charge in [-0.3, -0.25) is 4.98 Å². The van der Waals surface area contributed by atoms with Gasteiger partial charge in [-0.05, 0) is 43.2 Å². The van der Waals surface area contributed by atoms with E-state index in [2.05, 4.69) is 4.98 Å². The normalized spacial score (nSPS) is 14.2. The molecule has 1 atom stereocenters. The Kier molecular flexibility index (Phi) is 3.83. The van der Waals surface area contributed by atoms with Gasteiger partial charge in [0.15, 0.2) is 0 Å². The molecule has 2 rings (SSSR count). The van der Waals surface area contributed by atoms with Crippen molar-refractivity contribution in [1.82, 2.24) is 4.98 Å². The maximum Gasteiger partial charge on any atom is 0.141 e. The van der Waals surface area contributed by atoms with Gasteiger partial charge >= 0.3 is 0 Å². The Morgan fingerprint density at radius 2 is 2.00 bits per heavy atom. The van der Waals surface area contributed by atoms with Gasteiger partial charge in [0, 0.05) is 0 Å². The van der Waals surface area contributed by atoms with Crippen LogP contribution in [0.1, 0.15) is 18.2 Å². The van der Waals surface area contributed by atoms with E-state index < -0.39 is 17.2 Å². The Labute approximate surface area is 115 Å². The molecule has 100 valence electrons. The molecule has 1 heterocycles. The molecule has 2 aromatic rings. The first-order valence-electron chi connectivity index (χ1n) is 5.73. The van der Waals surface area contributed by atoms with Crippen LogP contribution >= 0.6 is 11.6 Å². The summed E-state index contributed by atoms with van der Waals surface area (Å²) in [5, 5.41) is 0.0559. The number of nitrogens with zero attached hydrogens (tertiary/aromatic N) is 1. The third-order valence-corrected chi connectivity index (χ3v) is 3.16. The Balaban J connectivity index is 2.25. The number of rotatable bonds is 3. The molecule has 1 aromatic heterocycles. The minimum atomic E-state index is -0.783. The van der Waals surface area contributed by atoms with E-state index >= 15 is 0 Å². The highest BCUT2D eigenvalue weighted by atomic mass is 35.5. The van der Waals surface area contributed by atoms with Gasteiger partial charge in [0.2, 0.25) is 0 Å².